The molecule has 1 amide bonds. The summed E-state index contributed by atoms with van der Waals surface area (Å²) in [6.07, 6.45) is 1.90. The van der Waals surface area contributed by atoms with Gasteiger partial charge in [0, 0.05) is 32.8 Å². The van der Waals surface area contributed by atoms with Crippen LogP contribution in [0.3, 0.4) is 0 Å². The predicted octanol–water partition coefficient (Wildman–Crippen LogP) is 1.64. The number of carbonyl (C=O) groups is 1. The highest BCUT2D eigenvalue weighted by Crippen LogP contribution is 2.15. The molecule has 1 fully saturated rings. The summed E-state index contributed by atoms with van der Waals surface area (Å²) in [4.78, 5) is 13.5. The maximum absolute atomic E-state index is 11.7. The van der Waals surface area contributed by atoms with Crippen LogP contribution in [0, 0.1) is 0 Å². The molecule has 1 N–H and O–H groups in total. The van der Waals surface area contributed by atoms with Gasteiger partial charge in [-0.3, -0.25) is 0 Å². The average Bonchev–Trinajstić information content (AvgIpc) is 2.32. The molecular formula is C15H30N2O4. The number of unbranched alkanes of at least 4 members (excludes halogenated alkanes) is 1. The molecule has 124 valence electrons. The lowest BCUT2D eigenvalue weighted by Gasteiger charge is -2.40. The van der Waals surface area contributed by atoms with Crippen LogP contribution in [-0.4, -0.2) is 69.2 Å². The highest BCUT2D eigenvalue weighted by molar-refractivity contribution is 5.69. The SMILES string of the molecule is COCCOCCCCNC1CN(C(=O)OC(C)(C)C)C1. The van der Waals surface area contributed by atoms with Crippen LogP contribution in [0.25, 0.3) is 0 Å². The van der Waals surface area contributed by atoms with E-state index in [1.165, 1.54) is 0 Å². The number of ether oxygens (including phenoxy) is 3. The smallest absolute Gasteiger partial charge is 0.410 e. The van der Waals surface area contributed by atoms with Crippen molar-refractivity contribution >= 4 is 6.09 Å². The van der Waals surface area contributed by atoms with Crippen LogP contribution >= 0.6 is 0 Å². The van der Waals surface area contributed by atoms with Gasteiger partial charge in [0.1, 0.15) is 5.60 Å². The van der Waals surface area contributed by atoms with Crippen LogP contribution in [0.15, 0.2) is 0 Å². The third kappa shape index (κ3) is 8.24. The van der Waals surface area contributed by atoms with Gasteiger partial charge in [-0.1, -0.05) is 0 Å². The fourth-order valence-electron chi connectivity index (χ4n) is 1.96. The average molecular weight is 302 g/mol. The van der Waals surface area contributed by atoms with Crippen LogP contribution in [-0.2, 0) is 14.2 Å². The Morgan fingerprint density at radius 1 is 1.19 bits per heavy atom. The quantitative estimate of drug-likeness (QED) is 0.656. The molecule has 0 unspecified atom stereocenters. The first kappa shape index (κ1) is 18.2. The normalized spacial score (nSPS) is 15.9. The fourth-order valence-corrected chi connectivity index (χ4v) is 1.96. The molecule has 1 aliphatic heterocycles. The van der Waals surface area contributed by atoms with Crippen molar-refractivity contribution in [1.29, 1.82) is 0 Å². The summed E-state index contributed by atoms with van der Waals surface area (Å²) in [7, 11) is 1.67. The number of hydrogen-bond donors (Lipinski definition) is 1. The van der Waals surface area contributed by atoms with Gasteiger partial charge in [-0.15, -0.1) is 0 Å². The van der Waals surface area contributed by atoms with E-state index in [9.17, 15) is 4.79 Å². The summed E-state index contributed by atoms with van der Waals surface area (Å²) in [6.45, 7) is 10.2. The van der Waals surface area contributed by atoms with Crippen LogP contribution in [0.4, 0.5) is 4.79 Å². The summed E-state index contributed by atoms with van der Waals surface area (Å²) in [5.74, 6) is 0. The number of methoxy groups -OCH3 is 1. The van der Waals surface area contributed by atoms with Crippen LogP contribution in [0.2, 0.25) is 0 Å². The minimum atomic E-state index is -0.418. The molecule has 21 heavy (non-hydrogen) atoms. The monoisotopic (exact) mass is 302 g/mol. The standard InChI is InChI=1S/C15H30N2O4/c1-15(2,3)21-14(18)17-11-13(12-17)16-7-5-6-8-20-10-9-19-4/h13,16H,5-12H2,1-4H3. The number of amides is 1. The largest absolute Gasteiger partial charge is 0.444 e. The lowest BCUT2D eigenvalue weighted by Crippen LogP contribution is -2.60. The Morgan fingerprint density at radius 2 is 1.90 bits per heavy atom. The summed E-state index contributed by atoms with van der Waals surface area (Å²) in [5.41, 5.74) is -0.418. The maximum atomic E-state index is 11.7. The molecule has 0 aromatic heterocycles. The fraction of sp³-hybridized carbons (Fsp3) is 0.933. The summed E-state index contributed by atoms with van der Waals surface area (Å²) in [6, 6.07) is 0.395. The molecule has 0 atom stereocenters. The Balaban J connectivity index is 1.92. The Morgan fingerprint density at radius 3 is 2.52 bits per heavy atom. The van der Waals surface area contributed by atoms with E-state index in [1.807, 2.05) is 20.8 Å². The molecule has 0 aromatic rings. The summed E-state index contributed by atoms with van der Waals surface area (Å²) in [5, 5.41) is 3.44. The molecule has 0 aromatic carbocycles. The molecule has 1 aliphatic rings. The van der Waals surface area contributed by atoms with Crippen molar-refractivity contribution in [3.8, 4) is 0 Å². The van der Waals surface area contributed by atoms with Crippen molar-refractivity contribution in [3.05, 3.63) is 0 Å². The van der Waals surface area contributed by atoms with E-state index in [0.717, 1.165) is 39.1 Å². The second-order valence-corrected chi connectivity index (χ2v) is 6.35. The van der Waals surface area contributed by atoms with Gasteiger partial charge in [0.25, 0.3) is 0 Å². The molecule has 0 aliphatic carbocycles. The Bertz CT molecular complexity index is 299. The van der Waals surface area contributed by atoms with Crippen molar-refractivity contribution in [3.63, 3.8) is 0 Å². The minimum absolute atomic E-state index is 0.216. The van der Waals surface area contributed by atoms with Gasteiger partial charge in [-0.2, -0.15) is 0 Å². The lowest BCUT2D eigenvalue weighted by atomic mass is 10.1. The number of carbonyl (C=O) groups excluding carboxylic acids is 1. The maximum Gasteiger partial charge on any atom is 0.410 e. The first-order valence-electron chi connectivity index (χ1n) is 7.70. The van der Waals surface area contributed by atoms with E-state index < -0.39 is 5.60 Å². The zero-order valence-electron chi connectivity index (χ0n) is 13.8. The zero-order chi connectivity index (χ0) is 15.7. The van der Waals surface area contributed by atoms with Gasteiger partial charge in [-0.25, -0.2) is 4.79 Å². The highest BCUT2D eigenvalue weighted by atomic mass is 16.6. The third-order valence-corrected chi connectivity index (χ3v) is 3.11. The molecule has 0 spiro atoms. The second-order valence-electron chi connectivity index (χ2n) is 6.35. The Labute approximate surface area is 128 Å². The van der Waals surface area contributed by atoms with Gasteiger partial charge in [-0.05, 0) is 40.2 Å². The zero-order valence-corrected chi connectivity index (χ0v) is 13.8. The number of rotatable bonds is 9. The van der Waals surface area contributed by atoms with E-state index in [1.54, 1.807) is 12.0 Å². The van der Waals surface area contributed by atoms with Crippen LogP contribution in [0.1, 0.15) is 33.6 Å². The van der Waals surface area contributed by atoms with Gasteiger partial charge in [0.15, 0.2) is 0 Å². The van der Waals surface area contributed by atoms with E-state index in [2.05, 4.69) is 5.32 Å². The number of hydrogen-bond acceptors (Lipinski definition) is 5. The predicted molar refractivity (Wildman–Crippen MR) is 81.5 cm³/mol. The van der Waals surface area contributed by atoms with Gasteiger partial charge >= 0.3 is 6.09 Å². The van der Waals surface area contributed by atoms with E-state index in [0.29, 0.717) is 19.3 Å². The Kier molecular flexibility index (Phi) is 8.00. The molecule has 0 radical (unpaired) electrons. The topological polar surface area (TPSA) is 60.0 Å². The van der Waals surface area contributed by atoms with E-state index in [-0.39, 0.29) is 6.09 Å². The second kappa shape index (κ2) is 9.23. The van der Waals surface area contributed by atoms with Crippen molar-refractivity contribution in [1.82, 2.24) is 10.2 Å². The summed E-state index contributed by atoms with van der Waals surface area (Å²) >= 11 is 0. The summed E-state index contributed by atoms with van der Waals surface area (Å²) < 4.78 is 15.6. The molecule has 6 nitrogen and oxygen atoms in total. The van der Waals surface area contributed by atoms with Gasteiger partial charge in [0.2, 0.25) is 0 Å². The van der Waals surface area contributed by atoms with Crippen molar-refractivity contribution < 1.29 is 19.0 Å². The molecule has 6 heteroatoms. The minimum Gasteiger partial charge on any atom is -0.444 e. The number of likely N-dealkylation sites (tertiary alicyclic amines) is 1. The number of nitrogens with one attached hydrogen (secondary N) is 1. The molecular weight excluding hydrogens is 272 g/mol. The van der Waals surface area contributed by atoms with Crippen molar-refractivity contribution in [2.45, 2.75) is 45.3 Å². The molecule has 1 heterocycles. The number of nitrogens with zero attached hydrogens (tertiary/aromatic N) is 1. The molecule has 1 rings (SSSR count). The molecule has 0 bridgehead atoms. The first-order valence-corrected chi connectivity index (χ1v) is 7.70. The van der Waals surface area contributed by atoms with Crippen LogP contribution < -0.4 is 5.32 Å². The van der Waals surface area contributed by atoms with Crippen molar-refractivity contribution in [2.24, 2.45) is 0 Å². The molecule has 1 saturated heterocycles. The Hall–Kier alpha value is -0.850. The van der Waals surface area contributed by atoms with Crippen LogP contribution in [0.5, 0.6) is 0 Å². The van der Waals surface area contributed by atoms with Gasteiger partial charge < -0.3 is 24.4 Å². The molecule has 0 saturated carbocycles. The van der Waals surface area contributed by atoms with Crippen molar-refractivity contribution in [2.75, 3.05) is 46.6 Å². The highest BCUT2D eigenvalue weighted by Gasteiger charge is 2.32. The third-order valence-electron chi connectivity index (χ3n) is 3.11. The van der Waals surface area contributed by atoms with E-state index >= 15 is 0 Å². The van der Waals surface area contributed by atoms with E-state index in [4.69, 9.17) is 14.2 Å². The van der Waals surface area contributed by atoms with Gasteiger partial charge in [0.05, 0.1) is 13.2 Å². The first-order chi connectivity index (χ1) is 9.92. The lowest BCUT2D eigenvalue weighted by molar-refractivity contribution is 0.00528.